The lowest BCUT2D eigenvalue weighted by Gasteiger charge is -2.08. The summed E-state index contributed by atoms with van der Waals surface area (Å²) in [6.45, 7) is 3.98. The SMILES string of the molecule is Cc1cccc(Nc2ncc(C(=O)Nc3ccc(Br)c(C)c3)cn2)c1. The molecule has 2 N–H and O–H groups in total. The van der Waals surface area contributed by atoms with E-state index >= 15 is 0 Å². The molecular weight excluding hydrogens is 380 g/mol. The summed E-state index contributed by atoms with van der Waals surface area (Å²) in [4.78, 5) is 20.7. The Labute approximate surface area is 154 Å². The first-order valence-electron chi connectivity index (χ1n) is 7.74. The Kier molecular flexibility index (Phi) is 5.09. The lowest BCUT2D eigenvalue weighted by Crippen LogP contribution is -2.13. The van der Waals surface area contributed by atoms with Crippen molar-refractivity contribution in [2.75, 3.05) is 10.6 Å². The lowest BCUT2D eigenvalue weighted by molar-refractivity contribution is 0.102. The first kappa shape index (κ1) is 17.1. The Bertz CT molecular complexity index is 910. The highest BCUT2D eigenvalue weighted by atomic mass is 79.9. The molecule has 0 radical (unpaired) electrons. The number of hydrogen-bond donors (Lipinski definition) is 2. The van der Waals surface area contributed by atoms with E-state index in [1.165, 1.54) is 12.4 Å². The van der Waals surface area contributed by atoms with Gasteiger partial charge in [-0.05, 0) is 55.3 Å². The molecule has 0 bridgehead atoms. The van der Waals surface area contributed by atoms with Crippen molar-refractivity contribution in [3.63, 3.8) is 0 Å². The third-order valence-electron chi connectivity index (χ3n) is 3.60. The predicted molar refractivity (Wildman–Crippen MR) is 103 cm³/mol. The molecule has 0 saturated heterocycles. The summed E-state index contributed by atoms with van der Waals surface area (Å²) in [6, 6.07) is 13.5. The number of aromatic nitrogens is 2. The summed E-state index contributed by atoms with van der Waals surface area (Å²) < 4.78 is 1.00. The zero-order valence-electron chi connectivity index (χ0n) is 13.9. The van der Waals surface area contributed by atoms with Crippen molar-refractivity contribution in [1.29, 1.82) is 0 Å². The number of carbonyl (C=O) groups excluding carboxylic acids is 1. The molecule has 5 nitrogen and oxygen atoms in total. The molecule has 1 amide bonds. The average Bonchev–Trinajstić information content (AvgIpc) is 2.59. The highest BCUT2D eigenvalue weighted by Crippen LogP contribution is 2.20. The van der Waals surface area contributed by atoms with E-state index in [1.807, 2.05) is 56.3 Å². The minimum atomic E-state index is -0.246. The number of benzene rings is 2. The monoisotopic (exact) mass is 396 g/mol. The fourth-order valence-electron chi connectivity index (χ4n) is 2.29. The molecule has 0 aliphatic rings. The van der Waals surface area contributed by atoms with Crippen molar-refractivity contribution >= 4 is 39.2 Å². The molecular formula is C19H17BrN4O. The number of nitrogens with one attached hydrogen (secondary N) is 2. The van der Waals surface area contributed by atoms with E-state index in [-0.39, 0.29) is 5.91 Å². The van der Waals surface area contributed by atoms with Gasteiger partial charge in [-0.15, -0.1) is 0 Å². The Morgan fingerprint density at radius 2 is 1.76 bits per heavy atom. The minimum absolute atomic E-state index is 0.246. The molecule has 0 aliphatic heterocycles. The first-order chi connectivity index (χ1) is 12.0. The summed E-state index contributed by atoms with van der Waals surface area (Å²) in [5.74, 6) is 0.200. The van der Waals surface area contributed by atoms with Gasteiger partial charge < -0.3 is 10.6 Å². The quantitative estimate of drug-likeness (QED) is 0.661. The van der Waals surface area contributed by atoms with E-state index in [1.54, 1.807) is 0 Å². The summed E-state index contributed by atoms with van der Waals surface area (Å²) in [5.41, 5.74) is 4.23. The number of halogens is 1. The molecule has 0 fully saturated rings. The third-order valence-corrected chi connectivity index (χ3v) is 4.49. The smallest absolute Gasteiger partial charge is 0.258 e. The zero-order valence-corrected chi connectivity index (χ0v) is 15.5. The van der Waals surface area contributed by atoms with E-state index in [0.29, 0.717) is 11.5 Å². The van der Waals surface area contributed by atoms with Crippen molar-refractivity contribution in [3.8, 4) is 0 Å². The molecule has 1 aromatic heterocycles. The van der Waals surface area contributed by atoms with E-state index in [0.717, 1.165) is 27.0 Å². The summed E-state index contributed by atoms with van der Waals surface area (Å²) in [5, 5.41) is 5.96. The first-order valence-corrected chi connectivity index (χ1v) is 8.54. The second kappa shape index (κ2) is 7.44. The molecule has 126 valence electrons. The highest BCUT2D eigenvalue weighted by Gasteiger charge is 2.08. The second-order valence-corrected chi connectivity index (χ2v) is 6.56. The van der Waals surface area contributed by atoms with Gasteiger partial charge in [-0.2, -0.15) is 0 Å². The highest BCUT2D eigenvalue weighted by molar-refractivity contribution is 9.10. The van der Waals surface area contributed by atoms with Crippen LogP contribution < -0.4 is 10.6 Å². The van der Waals surface area contributed by atoms with Crippen LogP contribution in [0.15, 0.2) is 59.3 Å². The van der Waals surface area contributed by atoms with Crippen molar-refractivity contribution in [2.24, 2.45) is 0 Å². The van der Waals surface area contributed by atoms with Crippen LogP contribution in [-0.2, 0) is 0 Å². The van der Waals surface area contributed by atoms with E-state index in [2.05, 4.69) is 36.5 Å². The van der Waals surface area contributed by atoms with Crippen LogP contribution in [0.1, 0.15) is 21.5 Å². The number of aryl methyl sites for hydroxylation is 2. The van der Waals surface area contributed by atoms with Crippen LogP contribution in [0.5, 0.6) is 0 Å². The molecule has 0 aliphatic carbocycles. The topological polar surface area (TPSA) is 66.9 Å². The van der Waals surface area contributed by atoms with Crippen LogP contribution in [0, 0.1) is 13.8 Å². The molecule has 0 unspecified atom stereocenters. The maximum Gasteiger partial charge on any atom is 0.258 e. The number of nitrogens with zero attached hydrogens (tertiary/aromatic N) is 2. The Balaban J connectivity index is 1.68. The molecule has 1 heterocycles. The van der Waals surface area contributed by atoms with Gasteiger partial charge in [-0.1, -0.05) is 28.1 Å². The Hall–Kier alpha value is -2.73. The van der Waals surface area contributed by atoms with Crippen LogP contribution in [0.2, 0.25) is 0 Å². The summed E-state index contributed by atoms with van der Waals surface area (Å²) >= 11 is 3.44. The number of carbonyl (C=O) groups is 1. The molecule has 0 spiro atoms. The number of rotatable bonds is 4. The van der Waals surface area contributed by atoms with Gasteiger partial charge in [0.1, 0.15) is 0 Å². The van der Waals surface area contributed by atoms with Crippen molar-refractivity contribution < 1.29 is 4.79 Å². The van der Waals surface area contributed by atoms with E-state index in [9.17, 15) is 4.79 Å². The van der Waals surface area contributed by atoms with Gasteiger partial charge >= 0.3 is 0 Å². The predicted octanol–water partition coefficient (Wildman–Crippen LogP) is 4.85. The van der Waals surface area contributed by atoms with Gasteiger partial charge in [0.15, 0.2) is 0 Å². The molecule has 3 rings (SSSR count). The van der Waals surface area contributed by atoms with Crippen LogP contribution >= 0.6 is 15.9 Å². The normalized spacial score (nSPS) is 10.4. The molecule has 25 heavy (non-hydrogen) atoms. The minimum Gasteiger partial charge on any atom is -0.324 e. The van der Waals surface area contributed by atoms with E-state index < -0.39 is 0 Å². The van der Waals surface area contributed by atoms with Gasteiger partial charge in [0.25, 0.3) is 5.91 Å². The Morgan fingerprint density at radius 1 is 1.00 bits per heavy atom. The lowest BCUT2D eigenvalue weighted by atomic mass is 10.2. The fourth-order valence-corrected chi connectivity index (χ4v) is 2.53. The second-order valence-electron chi connectivity index (χ2n) is 5.71. The summed E-state index contributed by atoms with van der Waals surface area (Å²) in [7, 11) is 0. The van der Waals surface area contributed by atoms with Gasteiger partial charge in [-0.3, -0.25) is 4.79 Å². The summed E-state index contributed by atoms with van der Waals surface area (Å²) in [6.07, 6.45) is 3.01. The van der Waals surface area contributed by atoms with Crippen molar-refractivity contribution in [2.45, 2.75) is 13.8 Å². The number of anilines is 3. The van der Waals surface area contributed by atoms with Crippen LogP contribution in [0.4, 0.5) is 17.3 Å². The molecule has 2 aromatic carbocycles. The van der Waals surface area contributed by atoms with Gasteiger partial charge in [0.2, 0.25) is 5.95 Å². The third kappa shape index (κ3) is 4.42. The van der Waals surface area contributed by atoms with Gasteiger partial charge in [0.05, 0.1) is 5.56 Å². The van der Waals surface area contributed by atoms with Crippen LogP contribution in [0.3, 0.4) is 0 Å². The number of hydrogen-bond acceptors (Lipinski definition) is 4. The average molecular weight is 397 g/mol. The maximum atomic E-state index is 12.3. The van der Waals surface area contributed by atoms with Crippen molar-refractivity contribution in [3.05, 3.63) is 76.0 Å². The van der Waals surface area contributed by atoms with Crippen molar-refractivity contribution in [1.82, 2.24) is 9.97 Å². The van der Waals surface area contributed by atoms with Crippen LogP contribution in [0.25, 0.3) is 0 Å². The standard InChI is InChI=1S/C19H17BrN4O/c1-12-4-3-5-15(8-12)24-19-21-10-14(11-22-19)18(25)23-16-6-7-17(20)13(2)9-16/h3-11H,1-2H3,(H,23,25)(H,21,22,24). The number of amides is 1. The van der Waals surface area contributed by atoms with Crippen LogP contribution in [-0.4, -0.2) is 15.9 Å². The maximum absolute atomic E-state index is 12.3. The molecule has 3 aromatic rings. The zero-order chi connectivity index (χ0) is 17.8. The Morgan fingerprint density at radius 3 is 2.44 bits per heavy atom. The van der Waals surface area contributed by atoms with E-state index in [4.69, 9.17) is 0 Å². The fraction of sp³-hybridized carbons (Fsp3) is 0.105. The van der Waals surface area contributed by atoms with Gasteiger partial charge in [0, 0.05) is 28.2 Å². The molecule has 6 heteroatoms. The molecule has 0 saturated carbocycles. The largest absolute Gasteiger partial charge is 0.324 e. The van der Waals surface area contributed by atoms with Gasteiger partial charge in [-0.25, -0.2) is 9.97 Å². The molecule has 0 atom stereocenters.